The average molecular weight is 275 g/mol. The van der Waals surface area contributed by atoms with E-state index in [4.69, 9.17) is 9.47 Å². The van der Waals surface area contributed by atoms with Crippen LogP contribution >= 0.6 is 0 Å². The first kappa shape index (κ1) is 13.9. The Labute approximate surface area is 121 Å². The highest BCUT2D eigenvalue weighted by atomic mass is 16.5. The van der Waals surface area contributed by atoms with Crippen LogP contribution in [0, 0.1) is 0 Å². The summed E-state index contributed by atoms with van der Waals surface area (Å²) in [5.41, 5.74) is 2.71. The molecule has 0 saturated carbocycles. The predicted octanol–water partition coefficient (Wildman–Crippen LogP) is 2.83. The quantitative estimate of drug-likeness (QED) is 0.846. The SMILES string of the molecule is CCCc1ccc2c(c1)OC[C@H]1[C@H]2C(OC)CCN1C. The lowest BCUT2D eigenvalue weighted by Crippen LogP contribution is -2.53. The maximum Gasteiger partial charge on any atom is 0.123 e. The van der Waals surface area contributed by atoms with Crippen LogP contribution in [-0.2, 0) is 11.2 Å². The second-order valence-corrected chi connectivity index (χ2v) is 6.07. The van der Waals surface area contributed by atoms with Gasteiger partial charge in [-0.25, -0.2) is 0 Å². The number of piperidine rings is 1. The Morgan fingerprint density at radius 2 is 2.25 bits per heavy atom. The number of ether oxygens (including phenoxy) is 2. The fraction of sp³-hybridized carbons (Fsp3) is 0.647. The summed E-state index contributed by atoms with van der Waals surface area (Å²) < 4.78 is 11.8. The number of fused-ring (bicyclic) bond motifs is 3. The van der Waals surface area contributed by atoms with E-state index in [9.17, 15) is 0 Å². The summed E-state index contributed by atoms with van der Waals surface area (Å²) in [6, 6.07) is 7.20. The van der Waals surface area contributed by atoms with Crippen LogP contribution in [0.15, 0.2) is 18.2 Å². The Balaban J connectivity index is 1.95. The van der Waals surface area contributed by atoms with Gasteiger partial charge in [0.25, 0.3) is 0 Å². The number of benzene rings is 1. The lowest BCUT2D eigenvalue weighted by molar-refractivity contribution is -0.0230. The standard InChI is InChI=1S/C17H25NO2/c1-4-5-12-6-7-13-16(10-12)20-11-14-17(13)15(19-3)8-9-18(14)2/h6-7,10,14-15,17H,4-5,8-9,11H2,1-3H3/t14-,15?,17-/m0/s1. The van der Waals surface area contributed by atoms with E-state index < -0.39 is 0 Å². The van der Waals surface area contributed by atoms with Gasteiger partial charge in [0.2, 0.25) is 0 Å². The minimum Gasteiger partial charge on any atom is -0.492 e. The van der Waals surface area contributed by atoms with Crippen molar-refractivity contribution in [2.24, 2.45) is 0 Å². The summed E-state index contributed by atoms with van der Waals surface area (Å²) in [4.78, 5) is 2.42. The van der Waals surface area contributed by atoms with Crippen LogP contribution in [-0.4, -0.2) is 44.4 Å². The number of aryl methyl sites for hydroxylation is 1. The van der Waals surface area contributed by atoms with Crippen molar-refractivity contribution >= 4 is 0 Å². The fourth-order valence-electron chi connectivity index (χ4n) is 3.70. The molecule has 1 saturated heterocycles. The van der Waals surface area contributed by atoms with Gasteiger partial charge in [-0.1, -0.05) is 25.5 Å². The number of hydrogen-bond donors (Lipinski definition) is 0. The molecule has 1 fully saturated rings. The normalized spacial score (nSPS) is 29.4. The number of nitrogens with zero attached hydrogens (tertiary/aromatic N) is 1. The van der Waals surface area contributed by atoms with Gasteiger partial charge in [-0.3, -0.25) is 4.90 Å². The third-order valence-electron chi connectivity index (χ3n) is 4.84. The maximum atomic E-state index is 6.05. The molecule has 1 aromatic carbocycles. The van der Waals surface area contributed by atoms with E-state index >= 15 is 0 Å². The van der Waals surface area contributed by atoms with Crippen molar-refractivity contribution in [3.05, 3.63) is 29.3 Å². The molecule has 0 amide bonds. The van der Waals surface area contributed by atoms with Gasteiger partial charge in [0.1, 0.15) is 12.4 Å². The Kier molecular flexibility index (Phi) is 3.99. The van der Waals surface area contributed by atoms with Crippen LogP contribution < -0.4 is 4.74 Å². The van der Waals surface area contributed by atoms with E-state index in [1.807, 2.05) is 7.11 Å². The van der Waals surface area contributed by atoms with E-state index in [-0.39, 0.29) is 0 Å². The number of hydrogen-bond acceptors (Lipinski definition) is 3. The molecule has 3 heteroatoms. The van der Waals surface area contributed by atoms with Gasteiger partial charge in [-0.15, -0.1) is 0 Å². The molecule has 3 nitrogen and oxygen atoms in total. The van der Waals surface area contributed by atoms with E-state index in [0.717, 1.165) is 31.7 Å². The van der Waals surface area contributed by atoms with Gasteiger partial charge >= 0.3 is 0 Å². The number of methoxy groups -OCH3 is 1. The molecule has 3 rings (SSSR count). The molecule has 0 radical (unpaired) electrons. The number of likely N-dealkylation sites (N-methyl/N-ethyl adjacent to an activating group) is 1. The zero-order valence-electron chi connectivity index (χ0n) is 12.8. The topological polar surface area (TPSA) is 21.7 Å². The highest BCUT2D eigenvalue weighted by Gasteiger charge is 2.42. The highest BCUT2D eigenvalue weighted by molar-refractivity contribution is 5.43. The molecule has 0 bridgehead atoms. The number of rotatable bonds is 3. The minimum atomic E-state index is 0.316. The molecule has 2 heterocycles. The molecule has 1 aromatic rings. The predicted molar refractivity (Wildman–Crippen MR) is 80.5 cm³/mol. The summed E-state index contributed by atoms with van der Waals surface area (Å²) in [5.74, 6) is 1.52. The molecular formula is C17H25NO2. The Bertz CT molecular complexity index is 474. The van der Waals surface area contributed by atoms with Crippen molar-refractivity contribution in [3.8, 4) is 5.75 Å². The van der Waals surface area contributed by atoms with Gasteiger partial charge in [0.15, 0.2) is 0 Å². The zero-order valence-corrected chi connectivity index (χ0v) is 12.8. The molecule has 0 spiro atoms. The van der Waals surface area contributed by atoms with E-state index in [0.29, 0.717) is 18.1 Å². The maximum absolute atomic E-state index is 6.05. The van der Waals surface area contributed by atoms with Crippen LogP contribution in [0.2, 0.25) is 0 Å². The number of likely N-dealkylation sites (tertiary alicyclic amines) is 1. The van der Waals surface area contributed by atoms with Crippen molar-refractivity contribution in [1.29, 1.82) is 0 Å². The third-order valence-corrected chi connectivity index (χ3v) is 4.84. The van der Waals surface area contributed by atoms with Gasteiger partial charge in [-0.05, 0) is 31.5 Å². The first-order valence-corrected chi connectivity index (χ1v) is 7.73. The first-order chi connectivity index (χ1) is 9.74. The summed E-state index contributed by atoms with van der Waals surface area (Å²) in [6.45, 7) is 4.09. The molecule has 2 aliphatic heterocycles. The second kappa shape index (κ2) is 5.74. The van der Waals surface area contributed by atoms with Gasteiger partial charge in [0, 0.05) is 25.1 Å². The summed E-state index contributed by atoms with van der Waals surface area (Å²) in [5, 5.41) is 0. The molecule has 2 aliphatic rings. The van der Waals surface area contributed by atoms with Gasteiger partial charge < -0.3 is 9.47 Å². The molecule has 0 aliphatic carbocycles. The first-order valence-electron chi connectivity index (χ1n) is 7.73. The minimum absolute atomic E-state index is 0.316. The van der Waals surface area contributed by atoms with Crippen molar-refractivity contribution in [2.45, 2.75) is 44.2 Å². The van der Waals surface area contributed by atoms with Crippen LogP contribution in [0.4, 0.5) is 0 Å². The molecule has 0 N–H and O–H groups in total. The van der Waals surface area contributed by atoms with Crippen molar-refractivity contribution < 1.29 is 9.47 Å². The molecular weight excluding hydrogens is 250 g/mol. The van der Waals surface area contributed by atoms with E-state index in [2.05, 4.69) is 37.1 Å². The average Bonchev–Trinajstić information content (AvgIpc) is 2.47. The molecule has 110 valence electrons. The largest absolute Gasteiger partial charge is 0.492 e. The summed E-state index contributed by atoms with van der Waals surface area (Å²) >= 11 is 0. The van der Waals surface area contributed by atoms with E-state index in [1.54, 1.807) is 0 Å². The second-order valence-electron chi connectivity index (χ2n) is 6.07. The van der Waals surface area contributed by atoms with Crippen LogP contribution in [0.3, 0.4) is 0 Å². The summed E-state index contributed by atoms with van der Waals surface area (Å²) in [6.07, 6.45) is 3.72. The van der Waals surface area contributed by atoms with Crippen molar-refractivity contribution in [3.63, 3.8) is 0 Å². The molecule has 20 heavy (non-hydrogen) atoms. The van der Waals surface area contributed by atoms with E-state index in [1.165, 1.54) is 17.5 Å². The fourth-order valence-corrected chi connectivity index (χ4v) is 3.70. The zero-order chi connectivity index (χ0) is 14.1. The Hall–Kier alpha value is -1.06. The van der Waals surface area contributed by atoms with Gasteiger partial charge in [-0.2, -0.15) is 0 Å². The van der Waals surface area contributed by atoms with Crippen LogP contribution in [0.1, 0.15) is 36.8 Å². The van der Waals surface area contributed by atoms with Crippen LogP contribution in [0.25, 0.3) is 0 Å². The lowest BCUT2D eigenvalue weighted by atomic mass is 9.79. The van der Waals surface area contributed by atoms with Crippen molar-refractivity contribution in [2.75, 3.05) is 27.3 Å². The monoisotopic (exact) mass is 275 g/mol. The molecule has 3 atom stereocenters. The van der Waals surface area contributed by atoms with Crippen LogP contribution in [0.5, 0.6) is 5.75 Å². The van der Waals surface area contributed by atoms with Crippen molar-refractivity contribution in [1.82, 2.24) is 4.90 Å². The van der Waals surface area contributed by atoms with Gasteiger partial charge in [0.05, 0.1) is 12.1 Å². The Morgan fingerprint density at radius 3 is 3.00 bits per heavy atom. The molecule has 1 unspecified atom stereocenters. The smallest absolute Gasteiger partial charge is 0.123 e. The Morgan fingerprint density at radius 1 is 1.40 bits per heavy atom. The third kappa shape index (κ3) is 2.33. The lowest BCUT2D eigenvalue weighted by Gasteiger charge is -2.46. The summed E-state index contributed by atoms with van der Waals surface area (Å²) in [7, 11) is 4.04. The molecule has 0 aromatic heterocycles. The highest BCUT2D eigenvalue weighted by Crippen LogP contribution is 2.42.